The first-order valence-electron chi connectivity index (χ1n) is 8.06. The highest BCUT2D eigenvalue weighted by molar-refractivity contribution is 5.89. The molecule has 2 amide bonds. The molecule has 0 heterocycles. The number of carbonyl (C=O) groups excluding carboxylic acids is 1. The second-order valence-electron chi connectivity index (χ2n) is 5.67. The molecule has 3 N–H and O–H groups in total. The van der Waals surface area contributed by atoms with Crippen LogP contribution < -0.4 is 10.6 Å². The van der Waals surface area contributed by atoms with Crippen LogP contribution in [-0.2, 0) is 17.8 Å². The number of benzene rings is 2. The molecule has 5 nitrogen and oxygen atoms in total. The number of hydrogen-bond donors (Lipinski definition) is 3. The third-order valence-electron chi connectivity index (χ3n) is 3.48. The maximum absolute atomic E-state index is 11.7. The summed E-state index contributed by atoms with van der Waals surface area (Å²) in [4.78, 5) is 11.7. The Morgan fingerprint density at radius 3 is 2.62 bits per heavy atom. The van der Waals surface area contributed by atoms with E-state index < -0.39 is 0 Å². The Morgan fingerprint density at radius 2 is 1.88 bits per heavy atom. The van der Waals surface area contributed by atoms with Gasteiger partial charge in [0.05, 0.1) is 25.9 Å². The normalized spacial score (nSPS) is 11.8. The minimum Gasteiger partial charge on any atom is -0.394 e. The fourth-order valence-electron chi connectivity index (χ4n) is 2.20. The lowest BCUT2D eigenvalue weighted by molar-refractivity contribution is 0.124. The second kappa shape index (κ2) is 9.70. The molecule has 1 unspecified atom stereocenters. The number of urea groups is 1. The monoisotopic (exact) mass is 328 g/mol. The van der Waals surface area contributed by atoms with Crippen LogP contribution in [-0.4, -0.2) is 30.4 Å². The second-order valence-corrected chi connectivity index (χ2v) is 5.67. The topological polar surface area (TPSA) is 70.6 Å². The van der Waals surface area contributed by atoms with Crippen LogP contribution in [0.5, 0.6) is 0 Å². The molecule has 0 fully saturated rings. The molecule has 0 spiro atoms. The van der Waals surface area contributed by atoms with E-state index in [-0.39, 0.29) is 18.7 Å². The van der Waals surface area contributed by atoms with Gasteiger partial charge >= 0.3 is 6.03 Å². The van der Waals surface area contributed by atoms with Crippen molar-refractivity contribution in [3.05, 3.63) is 65.7 Å². The lowest BCUT2D eigenvalue weighted by Crippen LogP contribution is -2.38. The molecule has 0 aromatic heterocycles. The summed E-state index contributed by atoms with van der Waals surface area (Å²) in [7, 11) is 0. The van der Waals surface area contributed by atoms with Crippen LogP contribution in [0.15, 0.2) is 54.6 Å². The summed E-state index contributed by atoms with van der Waals surface area (Å²) < 4.78 is 5.70. The number of ether oxygens (including phenoxy) is 1. The van der Waals surface area contributed by atoms with Gasteiger partial charge in [0.15, 0.2) is 0 Å². The first-order valence-corrected chi connectivity index (χ1v) is 8.06. The van der Waals surface area contributed by atoms with Gasteiger partial charge in [0, 0.05) is 5.69 Å². The summed E-state index contributed by atoms with van der Waals surface area (Å²) in [6.07, 6.45) is 0.875. The van der Waals surface area contributed by atoms with Gasteiger partial charge in [0.25, 0.3) is 0 Å². The predicted octanol–water partition coefficient (Wildman–Crippen LogP) is 2.95. The van der Waals surface area contributed by atoms with E-state index in [9.17, 15) is 4.79 Å². The Bertz CT molecular complexity index is 632. The molecule has 24 heavy (non-hydrogen) atoms. The molecule has 0 aliphatic heterocycles. The minimum atomic E-state index is -0.335. The first kappa shape index (κ1) is 18.0. The van der Waals surface area contributed by atoms with Crippen molar-refractivity contribution in [2.24, 2.45) is 0 Å². The largest absolute Gasteiger partial charge is 0.394 e. The van der Waals surface area contributed by atoms with Crippen molar-refractivity contribution in [2.45, 2.75) is 26.0 Å². The molecule has 5 heteroatoms. The third kappa shape index (κ3) is 6.40. The van der Waals surface area contributed by atoms with Crippen LogP contribution in [0.1, 0.15) is 18.1 Å². The molecule has 2 aromatic rings. The molecule has 0 aliphatic rings. The average Bonchev–Trinajstić information content (AvgIpc) is 2.60. The van der Waals surface area contributed by atoms with Crippen molar-refractivity contribution in [2.75, 3.05) is 18.5 Å². The maximum atomic E-state index is 11.7. The lowest BCUT2D eigenvalue weighted by atomic mass is 10.2. The quantitative estimate of drug-likeness (QED) is 0.653. The lowest BCUT2D eigenvalue weighted by Gasteiger charge is -2.12. The Labute approximate surface area is 142 Å². The summed E-state index contributed by atoms with van der Waals surface area (Å²) >= 11 is 0. The van der Waals surface area contributed by atoms with Crippen LogP contribution >= 0.6 is 0 Å². The van der Waals surface area contributed by atoms with Crippen molar-refractivity contribution in [3.8, 4) is 0 Å². The van der Waals surface area contributed by atoms with E-state index in [0.717, 1.165) is 12.0 Å². The van der Waals surface area contributed by atoms with Gasteiger partial charge in [-0.15, -0.1) is 0 Å². The van der Waals surface area contributed by atoms with Crippen LogP contribution in [0.2, 0.25) is 0 Å². The van der Waals surface area contributed by atoms with Crippen molar-refractivity contribution in [3.63, 3.8) is 0 Å². The van der Waals surface area contributed by atoms with Crippen molar-refractivity contribution >= 4 is 11.7 Å². The van der Waals surface area contributed by atoms with E-state index in [1.54, 1.807) is 6.92 Å². The number of carbonyl (C=O) groups is 1. The van der Waals surface area contributed by atoms with Gasteiger partial charge in [-0.1, -0.05) is 42.5 Å². The Hall–Kier alpha value is -2.37. The highest BCUT2D eigenvalue weighted by Crippen LogP contribution is 2.12. The molecule has 0 saturated carbocycles. The van der Waals surface area contributed by atoms with Gasteiger partial charge in [-0.2, -0.15) is 0 Å². The number of nitrogens with one attached hydrogen (secondary N) is 2. The van der Waals surface area contributed by atoms with E-state index in [2.05, 4.69) is 22.8 Å². The SMILES string of the molecule is CC(CO)NC(=O)Nc1cccc(COCCc2ccccc2)c1. The van der Waals surface area contributed by atoms with Crippen molar-refractivity contribution in [1.29, 1.82) is 0 Å². The Balaban J connectivity index is 1.76. The molecule has 0 radical (unpaired) electrons. The fourth-order valence-corrected chi connectivity index (χ4v) is 2.20. The summed E-state index contributed by atoms with van der Waals surface area (Å²) in [5.74, 6) is 0. The van der Waals surface area contributed by atoms with Gasteiger partial charge in [-0.25, -0.2) is 4.79 Å². The third-order valence-corrected chi connectivity index (χ3v) is 3.48. The van der Waals surface area contributed by atoms with Crippen molar-refractivity contribution in [1.82, 2.24) is 5.32 Å². The Kier molecular flexibility index (Phi) is 7.26. The zero-order valence-electron chi connectivity index (χ0n) is 13.9. The number of amides is 2. The van der Waals surface area contributed by atoms with Crippen LogP contribution in [0.4, 0.5) is 10.5 Å². The zero-order valence-corrected chi connectivity index (χ0v) is 13.9. The van der Waals surface area contributed by atoms with E-state index >= 15 is 0 Å². The zero-order chi connectivity index (χ0) is 17.2. The number of anilines is 1. The first-order chi connectivity index (χ1) is 11.7. The van der Waals surface area contributed by atoms with E-state index in [0.29, 0.717) is 18.9 Å². The average molecular weight is 328 g/mol. The molecule has 1 atom stereocenters. The van der Waals surface area contributed by atoms with Crippen LogP contribution in [0.3, 0.4) is 0 Å². The van der Waals surface area contributed by atoms with E-state index in [1.165, 1.54) is 5.56 Å². The number of hydrogen-bond acceptors (Lipinski definition) is 3. The van der Waals surface area contributed by atoms with E-state index in [4.69, 9.17) is 9.84 Å². The Morgan fingerprint density at radius 1 is 1.12 bits per heavy atom. The van der Waals surface area contributed by atoms with Gasteiger partial charge < -0.3 is 20.5 Å². The highest BCUT2D eigenvalue weighted by Gasteiger charge is 2.06. The van der Waals surface area contributed by atoms with Crippen LogP contribution in [0, 0.1) is 0 Å². The smallest absolute Gasteiger partial charge is 0.319 e. The summed E-state index contributed by atoms with van der Waals surface area (Å²) in [6, 6.07) is 17.1. The number of aliphatic hydroxyl groups excluding tert-OH is 1. The molecule has 0 bridgehead atoms. The molecule has 2 rings (SSSR count). The van der Waals surface area contributed by atoms with Gasteiger partial charge in [0.2, 0.25) is 0 Å². The molecular weight excluding hydrogens is 304 g/mol. The summed E-state index contributed by atoms with van der Waals surface area (Å²) in [5.41, 5.74) is 2.94. The summed E-state index contributed by atoms with van der Waals surface area (Å²) in [6.45, 7) is 2.78. The highest BCUT2D eigenvalue weighted by atomic mass is 16.5. The van der Waals surface area contributed by atoms with Gasteiger partial charge in [-0.05, 0) is 36.6 Å². The molecule has 128 valence electrons. The summed E-state index contributed by atoms with van der Waals surface area (Å²) in [5, 5.41) is 14.3. The van der Waals surface area contributed by atoms with E-state index in [1.807, 2.05) is 42.5 Å². The predicted molar refractivity (Wildman–Crippen MR) is 94.9 cm³/mol. The number of aliphatic hydroxyl groups is 1. The van der Waals surface area contributed by atoms with Gasteiger partial charge in [-0.3, -0.25) is 0 Å². The van der Waals surface area contributed by atoms with Crippen LogP contribution in [0.25, 0.3) is 0 Å². The molecule has 2 aromatic carbocycles. The van der Waals surface area contributed by atoms with Gasteiger partial charge in [0.1, 0.15) is 0 Å². The van der Waals surface area contributed by atoms with Crippen molar-refractivity contribution < 1.29 is 14.6 Å². The standard InChI is InChI=1S/C19H24N2O3/c1-15(13-22)20-19(23)21-18-9-5-8-17(12-18)14-24-11-10-16-6-3-2-4-7-16/h2-9,12,15,22H,10-11,13-14H2,1H3,(H2,20,21,23). The minimum absolute atomic E-state index is 0.0945. The molecular formula is C19H24N2O3. The molecule has 0 saturated heterocycles. The maximum Gasteiger partial charge on any atom is 0.319 e. The fraction of sp³-hybridized carbons (Fsp3) is 0.316. The number of rotatable bonds is 8. The molecule has 0 aliphatic carbocycles.